The minimum atomic E-state index is 0.575. The van der Waals surface area contributed by atoms with Crippen LogP contribution in [-0.2, 0) is 0 Å². The molecule has 0 N–H and O–H groups in total. The second kappa shape index (κ2) is 10.8. The first-order chi connectivity index (χ1) is 25.3. The predicted molar refractivity (Wildman–Crippen MR) is 209 cm³/mol. The summed E-state index contributed by atoms with van der Waals surface area (Å²) in [5, 5.41) is 6.78. The van der Waals surface area contributed by atoms with Crippen molar-refractivity contribution < 1.29 is 4.42 Å². The minimum Gasteiger partial charge on any atom is -0.438 e. The summed E-state index contributed by atoms with van der Waals surface area (Å²) in [4.78, 5) is 10.5. The second-order valence-electron chi connectivity index (χ2n) is 13.0. The molecule has 4 aromatic heterocycles. The Morgan fingerprint density at radius 3 is 1.90 bits per heavy atom. The van der Waals surface area contributed by atoms with E-state index in [0.717, 1.165) is 55.6 Å². The second-order valence-corrected chi connectivity index (χ2v) is 13.0. The molecule has 11 rings (SSSR count). The highest BCUT2D eigenvalue weighted by Crippen LogP contribution is 2.43. The molecule has 11 aromatic rings. The molecule has 4 heterocycles. The number of rotatable bonds is 4. The monoisotopic (exact) mass is 652 g/mol. The van der Waals surface area contributed by atoms with Gasteiger partial charge in [-0.15, -0.1) is 0 Å². The summed E-state index contributed by atoms with van der Waals surface area (Å²) in [6.45, 7) is 0. The molecule has 0 saturated carbocycles. The van der Waals surface area contributed by atoms with Gasteiger partial charge < -0.3 is 13.6 Å². The molecule has 0 aliphatic heterocycles. The van der Waals surface area contributed by atoms with Crippen molar-refractivity contribution in [2.75, 3.05) is 0 Å². The largest absolute Gasteiger partial charge is 0.438 e. The Bertz CT molecular complexity index is 3130. The fourth-order valence-electron chi connectivity index (χ4n) is 8.02. The molecule has 0 aliphatic rings. The van der Waals surface area contributed by atoms with E-state index in [1.807, 2.05) is 36.4 Å². The van der Waals surface area contributed by atoms with Crippen LogP contribution in [0.25, 0.3) is 99.7 Å². The number of nitrogens with zero attached hydrogens (tertiary/aromatic N) is 4. The Labute approximate surface area is 292 Å². The van der Waals surface area contributed by atoms with E-state index in [1.165, 1.54) is 32.6 Å². The molecular formula is C46H28N4O. The maximum Gasteiger partial charge on any atom is 0.231 e. The molecule has 0 amide bonds. The molecular weight excluding hydrogens is 625 g/mol. The van der Waals surface area contributed by atoms with Crippen LogP contribution >= 0.6 is 0 Å². The number of benzene rings is 7. The Morgan fingerprint density at radius 1 is 0.431 bits per heavy atom. The molecule has 0 fully saturated rings. The average Bonchev–Trinajstić information content (AvgIpc) is 3.86. The first-order valence-corrected chi connectivity index (χ1v) is 17.2. The molecule has 5 heteroatoms. The Kier molecular flexibility index (Phi) is 5.89. The Hall–Kier alpha value is -6.98. The van der Waals surface area contributed by atoms with Crippen molar-refractivity contribution >= 4 is 65.7 Å². The topological polar surface area (TPSA) is 48.8 Å². The van der Waals surface area contributed by atoms with Gasteiger partial charge in [0.2, 0.25) is 5.71 Å². The normalized spacial score (nSPS) is 11.9. The lowest BCUT2D eigenvalue weighted by atomic mass is 10.1. The van der Waals surface area contributed by atoms with Crippen molar-refractivity contribution in [1.29, 1.82) is 0 Å². The lowest BCUT2D eigenvalue weighted by Gasteiger charge is -2.14. The van der Waals surface area contributed by atoms with Gasteiger partial charge in [0.25, 0.3) is 0 Å². The van der Waals surface area contributed by atoms with Gasteiger partial charge in [0.15, 0.2) is 5.82 Å². The molecule has 5 nitrogen and oxygen atoms in total. The lowest BCUT2D eigenvalue weighted by molar-refractivity contribution is 0.653. The quantitative estimate of drug-likeness (QED) is 0.190. The summed E-state index contributed by atoms with van der Waals surface area (Å²) in [5.74, 6) is 0.612. The zero-order valence-corrected chi connectivity index (χ0v) is 27.4. The molecule has 0 saturated heterocycles. The highest BCUT2D eigenvalue weighted by Gasteiger charge is 2.24. The van der Waals surface area contributed by atoms with Gasteiger partial charge in [-0.05, 0) is 48.5 Å². The van der Waals surface area contributed by atoms with Gasteiger partial charge in [0.05, 0.1) is 38.8 Å². The molecule has 51 heavy (non-hydrogen) atoms. The molecule has 7 aromatic carbocycles. The minimum absolute atomic E-state index is 0.575. The smallest absolute Gasteiger partial charge is 0.231 e. The van der Waals surface area contributed by atoms with E-state index in [-0.39, 0.29) is 0 Å². The third-order valence-corrected chi connectivity index (χ3v) is 10.2. The Morgan fingerprint density at radius 2 is 1.08 bits per heavy atom. The van der Waals surface area contributed by atoms with Gasteiger partial charge >= 0.3 is 0 Å². The standard InChI is InChI=1S/C46H28N4O/c1-3-15-29(16-4-1)43-42-35-22-10-14-26-40(35)51-46(42)48-45(47-43)34-21-9-13-25-38(34)50-37-24-12-8-20-33(37)41-39(50)28-27-32-31-19-7-11-23-36(31)49(44(32)41)30-17-5-2-6-18-30/h1-28H. The van der Waals surface area contributed by atoms with Crippen molar-refractivity contribution in [3.63, 3.8) is 0 Å². The number of fused-ring (bicyclic) bond motifs is 10. The van der Waals surface area contributed by atoms with E-state index in [1.54, 1.807) is 0 Å². The van der Waals surface area contributed by atoms with E-state index >= 15 is 0 Å². The molecule has 0 spiro atoms. The highest BCUT2D eigenvalue weighted by atomic mass is 16.3. The summed E-state index contributed by atoms with van der Waals surface area (Å²) in [6.07, 6.45) is 0. The Balaban J connectivity index is 1.25. The molecule has 0 unspecified atom stereocenters. The number of aromatic nitrogens is 4. The lowest BCUT2D eigenvalue weighted by Crippen LogP contribution is -2.00. The predicted octanol–water partition coefficient (Wildman–Crippen LogP) is 11.9. The third-order valence-electron chi connectivity index (χ3n) is 10.2. The average molecular weight is 653 g/mol. The number of para-hydroxylation sites is 5. The molecule has 0 atom stereocenters. The zero-order chi connectivity index (χ0) is 33.5. The fourth-order valence-corrected chi connectivity index (χ4v) is 8.02. The van der Waals surface area contributed by atoms with E-state index in [2.05, 4.69) is 143 Å². The first-order valence-electron chi connectivity index (χ1n) is 17.2. The molecule has 238 valence electrons. The maximum absolute atomic E-state index is 6.42. The molecule has 0 radical (unpaired) electrons. The number of hydrogen-bond donors (Lipinski definition) is 0. The van der Waals surface area contributed by atoms with Crippen molar-refractivity contribution in [3.8, 4) is 34.0 Å². The van der Waals surface area contributed by atoms with Crippen LogP contribution in [0.4, 0.5) is 0 Å². The van der Waals surface area contributed by atoms with Crippen LogP contribution in [0.2, 0.25) is 0 Å². The van der Waals surface area contributed by atoms with Gasteiger partial charge in [-0.3, -0.25) is 0 Å². The zero-order valence-electron chi connectivity index (χ0n) is 27.4. The summed E-state index contributed by atoms with van der Waals surface area (Å²) >= 11 is 0. The van der Waals surface area contributed by atoms with Gasteiger partial charge in [-0.1, -0.05) is 121 Å². The van der Waals surface area contributed by atoms with Crippen LogP contribution in [0.3, 0.4) is 0 Å². The van der Waals surface area contributed by atoms with Crippen molar-refractivity contribution in [1.82, 2.24) is 19.1 Å². The number of hydrogen-bond acceptors (Lipinski definition) is 3. The van der Waals surface area contributed by atoms with Gasteiger partial charge in [0, 0.05) is 43.7 Å². The third kappa shape index (κ3) is 4.03. The summed E-state index contributed by atoms with van der Waals surface area (Å²) in [7, 11) is 0. The molecule has 0 aliphatic carbocycles. The van der Waals surface area contributed by atoms with Crippen molar-refractivity contribution in [2.45, 2.75) is 0 Å². The maximum atomic E-state index is 6.42. The fraction of sp³-hybridized carbons (Fsp3) is 0. The van der Waals surface area contributed by atoms with E-state index in [9.17, 15) is 0 Å². The summed E-state index contributed by atoms with van der Waals surface area (Å²) in [5.41, 5.74) is 10.9. The van der Waals surface area contributed by atoms with E-state index < -0.39 is 0 Å². The van der Waals surface area contributed by atoms with Crippen LogP contribution < -0.4 is 0 Å². The number of furan rings is 1. The van der Waals surface area contributed by atoms with Crippen LogP contribution in [0.15, 0.2) is 174 Å². The van der Waals surface area contributed by atoms with E-state index in [0.29, 0.717) is 11.5 Å². The van der Waals surface area contributed by atoms with Crippen molar-refractivity contribution in [2.24, 2.45) is 0 Å². The van der Waals surface area contributed by atoms with Crippen LogP contribution in [0.1, 0.15) is 0 Å². The van der Waals surface area contributed by atoms with Crippen LogP contribution in [0.5, 0.6) is 0 Å². The molecule has 0 bridgehead atoms. The first kappa shape index (κ1) is 27.9. The van der Waals surface area contributed by atoms with E-state index in [4.69, 9.17) is 14.4 Å². The van der Waals surface area contributed by atoms with Crippen molar-refractivity contribution in [3.05, 3.63) is 170 Å². The SMILES string of the molecule is c1ccc(-c2nc(-c3ccccc3-n3c4ccccc4c4c3ccc3c5ccccc5n(-c5ccccc5)c34)nc3oc4ccccc4c23)cc1. The van der Waals surface area contributed by atoms with Gasteiger partial charge in [-0.2, -0.15) is 4.98 Å². The summed E-state index contributed by atoms with van der Waals surface area (Å²) in [6, 6.07) is 59.5. The van der Waals surface area contributed by atoms with Crippen LogP contribution in [0, 0.1) is 0 Å². The van der Waals surface area contributed by atoms with Crippen LogP contribution in [-0.4, -0.2) is 19.1 Å². The highest BCUT2D eigenvalue weighted by molar-refractivity contribution is 6.26. The summed E-state index contributed by atoms with van der Waals surface area (Å²) < 4.78 is 11.2. The van der Waals surface area contributed by atoms with Gasteiger partial charge in [-0.25, -0.2) is 4.98 Å². The van der Waals surface area contributed by atoms with Gasteiger partial charge in [0.1, 0.15) is 5.58 Å².